The van der Waals surface area contributed by atoms with Crippen molar-refractivity contribution in [3.63, 3.8) is 0 Å². The van der Waals surface area contributed by atoms with Gasteiger partial charge >= 0.3 is 0 Å². The van der Waals surface area contributed by atoms with E-state index in [1.807, 2.05) is 6.08 Å². The third-order valence-corrected chi connectivity index (χ3v) is 1.43. The molecule has 0 aromatic carbocycles. The lowest BCUT2D eigenvalue weighted by molar-refractivity contribution is 0.505. The third-order valence-electron chi connectivity index (χ3n) is 1.43. The third kappa shape index (κ3) is 4.05. The van der Waals surface area contributed by atoms with Gasteiger partial charge in [-0.25, -0.2) is 0 Å². The molecular weight excluding hydrogens is 166 g/mol. The quantitative estimate of drug-likeness (QED) is 0.630. The molecule has 2 heterocycles. The Bertz CT molecular complexity index is 275. The Kier molecular flexibility index (Phi) is 3.69. The fourth-order valence-corrected chi connectivity index (χ4v) is 0.775. The number of hydrogen-bond acceptors (Lipinski definition) is 4. The summed E-state index contributed by atoms with van der Waals surface area (Å²) in [7, 11) is 2.06. The van der Waals surface area contributed by atoms with E-state index in [0.717, 1.165) is 6.54 Å². The van der Waals surface area contributed by atoms with Crippen molar-refractivity contribution < 1.29 is 0 Å². The summed E-state index contributed by atoms with van der Waals surface area (Å²) in [6.45, 7) is 2.82. The minimum atomic E-state index is 0.676. The molecule has 0 radical (unpaired) electrons. The van der Waals surface area contributed by atoms with Gasteiger partial charge in [0.1, 0.15) is 0 Å². The van der Waals surface area contributed by atoms with Gasteiger partial charge in [-0.2, -0.15) is 5.21 Å². The molecule has 1 aromatic heterocycles. The number of likely N-dealkylation sites (N-methyl/N-ethyl adjacent to an activating group) is 1. The van der Waals surface area contributed by atoms with E-state index >= 15 is 0 Å². The second-order valence-corrected chi connectivity index (χ2v) is 2.67. The van der Waals surface area contributed by atoms with Crippen molar-refractivity contribution in [2.75, 3.05) is 13.6 Å². The molecular formula is C8H13N5. The molecule has 0 unspecified atom stereocenters. The average molecular weight is 179 g/mol. The summed E-state index contributed by atoms with van der Waals surface area (Å²) in [5, 5.41) is 12.7. The van der Waals surface area contributed by atoms with Crippen LogP contribution in [0.15, 0.2) is 24.4 Å². The number of aromatic amines is 1. The van der Waals surface area contributed by atoms with E-state index in [9.17, 15) is 0 Å². The maximum Gasteiger partial charge on any atom is 0.171 e. The smallest absolute Gasteiger partial charge is 0.171 e. The standard InChI is InChI=1S/C6H9N.C2H4N4/c1-7-5-3-2-4-6-7;1-2-3-5-6-4-2/h2-5H,6H2,1H3;1H3,(H,3,4,5,6). The van der Waals surface area contributed by atoms with Crippen LogP contribution >= 0.6 is 0 Å². The Labute approximate surface area is 77.1 Å². The molecule has 5 heteroatoms. The zero-order valence-electron chi connectivity index (χ0n) is 7.81. The SMILES string of the molecule is CN1C=CC=CC1.Cc1nn[nH]n1. The molecule has 13 heavy (non-hydrogen) atoms. The lowest BCUT2D eigenvalue weighted by atomic mass is 10.4. The van der Waals surface area contributed by atoms with Crippen molar-refractivity contribution in [3.05, 3.63) is 30.3 Å². The molecule has 0 saturated carbocycles. The second kappa shape index (κ2) is 5.08. The first-order valence-electron chi connectivity index (χ1n) is 4.02. The first-order chi connectivity index (χ1) is 6.29. The summed E-state index contributed by atoms with van der Waals surface area (Å²) in [6, 6.07) is 0. The Morgan fingerprint density at radius 2 is 2.31 bits per heavy atom. The van der Waals surface area contributed by atoms with Gasteiger partial charge in [-0.15, -0.1) is 10.2 Å². The van der Waals surface area contributed by atoms with E-state index in [1.165, 1.54) is 0 Å². The zero-order valence-corrected chi connectivity index (χ0v) is 7.81. The summed E-state index contributed by atoms with van der Waals surface area (Å²) < 4.78 is 0. The molecule has 0 spiro atoms. The number of aryl methyl sites for hydroxylation is 1. The maximum atomic E-state index is 3.57. The van der Waals surface area contributed by atoms with Crippen molar-refractivity contribution in [1.29, 1.82) is 0 Å². The number of tetrazole rings is 1. The minimum absolute atomic E-state index is 0.676. The second-order valence-electron chi connectivity index (χ2n) is 2.67. The molecule has 0 saturated heterocycles. The normalized spacial score (nSPS) is 13.8. The Morgan fingerprint density at radius 1 is 1.46 bits per heavy atom. The summed E-state index contributed by atoms with van der Waals surface area (Å²) in [5.41, 5.74) is 0. The van der Waals surface area contributed by atoms with E-state index in [1.54, 1.807) is 6.92 Å². The Balaban J connectivity index is 0.000000132. The van der Waals surface area contributed by atoms with Gasteiger partial charge in [0.25, 0.3) is 0 Å². The van der Waals surface area contributed by atoms with Crippen LogP contribution in [0.3, 0.4) is 0 Å². The number of aromatic nitrogens is 4. The van der Waals surface area contributed by atoms with Crippen molar-refractivity contribution in [1.82, 2.24) is 25.5 Å². The van der Waals surface area contributed by atoms with E-state index < -0.39 is 0 Å². The lowest BCUT2D eigenvalue weighted by Gasteiger charge is -2.11. The Morgan fingerprint density at radius 3 is 2.54 bits per heavy atom. The van der Waals surface area contributed by atoms with Crippen LogP contribution in [-0.2, 0) is 0 Å². The number of H-pyrrole nitrogens is 1. The summed E-state index contributed by atoms with van der Waals surface area (Å²) in [4.78, 5) is 2.12. The van der Waals surface area contributed by atoms with Gasteiger partial charge in [0.15, 0.2) is 5.82 Å². The lowest BCUT2D eigenvalue weighted by Crippen LogP contribution is -2.11. The van der Waals surface area contributed by atoms with E-state index in [0.29, 0.717) is 5.82 Å². The molecule has 0 aliphatic carbocycles. The largest absolute Gasteiger partial charge is 0.377 e. The van der Waals surface area contributed by atoms with Crippen LogP contribution in [0, 0.1) is 6.92 Å². The zero-order chi connectivity index (χ0) is 9.52. The molecule has 0 amide bonds. The summed E-state index contributed by atoms with van der Waals surface area (Å²) in [6.07, 6.45) is 8.27. The molecule has 1 aliphatic rings. The van der Waals surface area contributed by atoms with Gasteiger partial charge in [0, 0.05) is 13.6 Å². The molecule has 1 aromatic rings. The predicted molar refractivity (Wildman–Crippen MR) is 49.8 cm³/mol. The van der Waals surface area contributed by atoms with Gasteiger partial charge in [-0.05, 0) is 19.2 Å². The average Bonchev–Trinajstić information content (AvgIpc) is 2.58. The highest BCUT2D eigenvalue weighted by Gasteiger charge is 1.86. The maximum absolute atomic E-state index is 3.57. The van der Waals surface area contributed by atoms with Crippen LogP contribution < -0.4 is 0 Å². The van der Waals surface area contributed by atoms with E-state index in [-0.39, 0.29) is 0 Å². The highest BCUT2D eigenvalue weighted by atomic mass is 15.5. The van der Waals surface area contributed by atoms with Crippen molar-refractivity contribution in [2.45, 2.75) is 6.92 Å². The van der Waals surface area contributed by atoms with Gasteiger partial charge in [0.05, 0.1) is 0 Å². The predicted octanol–water partition coefficient (Wildman–Crippen LogP) is 0.510. The highest BCUT2D eigenvalue weighted by molar-refractivity contribution is 5.07. The van der Waals surface area contributed by atoms with Crippen LogP contribution in [0.5, 0.6) is 0 Å². The summed E-state index contributed by atoms with van der Waals surface area (Å²) in [5.74, 6) is 0.676. The van der Waals surface area contributed by atoms with E-state index in [4.69, 9.17) is 0 Å². The molecule has 70 valence electrons. The van der Waals surface area contributed by atoms with Crippen LogP contribution in [-0.4, -0.2) is 39.1 Å². The van der Waals surface area contributed by atoms with Gasteiger partial charge in [0.2, 0.25) is 0 Å². The fourth-order valence-electron chi connectivity index (χ4n) is 0.775. The van der Waals surface area contributed by atoms with Gasteiger partial charge in [-0.3, -0.25) is 0 Å². The molecule has 1 N–H and O–H groups in total. The van der Waals surface area contributed by atoms with Crippen LogP contribution in [0.2, 0.25) is 0 Å². The number of hydrogen-bond donors (Lipinski definition) is 1. The van der Waals surface area contributed by atoms with E-state index in [2.05, 4.69) is 50.9 Å². The van der Waals surface area contributed by atoms with Crippen LogP contribution in [0.25, 0.3) is 0 Å². The molecule has 0 bridgehead atoms. The minimum Gasteiger partial charge on any atom is -0.377 e. The van der Waals surface area contributed by atoms with Crippen molar-refractivity contribution in [3.8, 4) is 0 Å². The first-order valence-corrected chi connectivity index (χ1v) is 4.02. The highest BCUT2D eigenvalue weighted by Crippen LogP contribution is 1.91. The number of allylic oxidation sites excluding steroid dienone is 2. The number of nitrogens with zero attached hydrogens (tertiary/aromatic N) is 4. The fraction of sp³-hybridized carbons (Fsp3) is 0.375. The summed E-state index contributed by atoms with van der Waals surface area (Å²) >= 11 is 0. The van der Waals surface area contributed by atoms with Crippen molar-refractivity contribution in [2.24, 2.45) is 0 Å². The monoisotopic (exact) mass is 179 g/mol. The number of rotatable bonds is 0. The van der Waals surface area contributed by atoms with Crippen LogP contribution in [0.1, 0.15) is 5.82 Å². The first kappa shape index (κ1) is 9.44. The number of nitrogens with one attached hydrogen (secondary N) is 1. The molecule has 0 atom stereocenters. The topological polar surface area (TPSA) is 57.7 Å². The van der Waals surface area contributed by atoms with Crippen LogP contribution in [0.4, 0.5) is 0 Å². The van der Waals surface area contributed by atoms with Crippen molar-refractivity contribution >= 4 is 0 Å². The van der Waals surface area contributed by atoms with Gasteiger partial charge in [-0.1, -0.05) is 17.4 Å². The Hall–Kier alpha value is -1.65. The van der Waals surface area contributed by atoms with Gasteiger partial charge < -0.3 is 4.90 Å². The molecule has 2 rings (SSSR count). The molecule has 5 nitrogen and oxygen atoms in total. The molecule has 0 fully saturated rings. The molecule has 1 aliphatic heterocycles.